The highest BCUT2D eigenvalue weighted by molar-refractivity contribution is 7.98. The zero-order valence-corrected chi connectivity index (χ0v) is 15.9. The molecule has 0 amide bonds. The lowest BCUT2D eigenvalue weighted by Gasteiger charge is -2.07. The van der Waals surface area contributed by atoms with E-state index in [2.05, 4.69) is 35.9 Å². The van der Waals surface area contributed by atoms with E-state index in [0.29, 0.717) is 23.3 Å². The third-order valence-electron chi connectivity index (χ3n) is 3.46. The SMILES string of the molecule is COc1cc(OC)nc(CSc2ccc(NC=C(C#N)c3nn[nH]n3)cc2)n1. The van der Waals surface area contributed by atoms with Crippen molar-refractivity contribution in [1.82, 2.24) is 30.6 Å². The highest BCUT2D eigenvalue weighted by Crippen LogP contribution is 2.25. The minimum absolute atomic E-state index is 0.232. The van der Waals surface area contributed by atoms with Gasteiger partial charge in [-0.15, -0.1) is 22.0 Å². The van der Waals surface area contributed by atoms with Gasteiger partial charge >= 0.3 is 0 Å². The lowest BCUT2D eigenvalue weighted by atomic mass is 10.3. The van der Waals surface area contributed by atoms with Gasteiger partial charge in [0, 0.05) is 16.8 Å². The van der Waals surface area contributed by atoms with Crippen LogP contribution in [-0.4, -0.2) is 44.8 Å². The van der Waals surface area contributed by atoms with Gasteiger partial charge in [-0.25, -0.2) is 0 Å². The number of thioether (sulfide) groups is 1. The van der Waals surface area contributed by atoms with Gasteiger partial charge in [0.05, 0.1) is 26.0 Å². The number of hydrogen-bond donors (Lipinski definition) is 2. The molecule has 142 valence electrons. The molecule has 3 rings (SSSR count). The predicted molar refractivity (Wildman–Crippen MR) is 103 cm³/mol. The summed E-state index contributed by atoms with van der Waals surface area (Å²) in [5.74, 6) is 2.34. The molecule has 0 aliphatic heterocycles. The smallest absolute Gasteiger partial charge is 0.220 e. The van der Waals surface area contributed by atoms with Crippen molar-refractivity contribution in [3.05, 3.63) is 48.2 Å². The van der Waals surface area contributed by atoms with Crippen LogP contribution < -0.4 is 14.8 Å². The lowest BCUT2D eigenvalue weighted by molar-refractivity contribution is 0.369. The number of nitrogens with one attached hydrogen (secondary N) is 2. The Hall–Kier alpha value is -3.65. The number of nitrogens with zero attached hydrogens (tertiary/aromatic N) is 6. The van der Waals surface area contributed by atoms with Gasteiger partial charge < -0.3 is 14.8 Å². The van der Waals surface area contributed by atoms with Gasteiger partial charge in [-0.3, -0.25) is 0 Å². The summed E-state index contributed by atoms with van der Waals surface area (Å²) in [6.45, 7) is 0. The second kappa shape index (κ2) is 9.33. The molecule has 28 heavy (non-hydrogen) atoms. The molecular formula is C17H16N8O2S. The molecule has 0 aliphatic rings. The minimum atomic E-state index is 0.232. The average molecular weight is 396 g/mol. The fourth-order valence-corrected chi connectivity index (χ4v) is 2.85. The van der Waals surface area contributed by atoms with Crippen molar-refractivity contribution < 1.29 is 9.47 Å². The van der Waals surface area contributed by atoms with Crippen LogP contribution in [0.1, 0.15) is 11.6 Å². The van der Waals surface area contributed by atoms with Gasteiger partial charge in [-0.2, -0.15) is 20.4 Å². The summed E-state index contributed by atoms with van der Waals surface area (Å²) >= 11 is 1.58. The first-order chi connectivity index (χ1) is 13.7. The maximum atomic E-state index is 9.16. The Bertz CT molecular complexity index is 961. The molecule has 0 bridgehead atoms. The number of allylic oxidation sites excluding steroid dienone is 1. The van der Waals surface area contributed by atoms with Crippen LogP contribution in [0.15, 0.2) is 41.4 Å². The lowest BCUT2D eigenvalue weighted by Crippen LogP contribution is -1.99. The van der Waals surface area contributed by atoms with Crippen molar-refractivity contribution in [2.45, 2.75) is 10.6 Å². The Kier molecular flexibility index (Phi) is 6.37. The number of nitriles is 1. The van der Waals surface area contributed by atoms with Gasteiger partial charge in [-0.1, -0.05) is 0 Å². The molecule has 2 heterocycles. The molecule has 2 N–H and O–H groups in total. The quantitative estimate of drug-likeness (QED) is 0.431. The highest BCUT2D eigenvalue weighted by atomic mass is 32.2. The Labute approximate surface area is 165 Å². The van der Waals surface area contributed by atoms with Gasteiger partial charge in [0.25, 0.3) is 0 Å². The molecule has 0 saturated heterocycles. The number of methoxy groups -OCH3 is 2. The Morgan fingerprint density at radius 3 is 2.50 bits per heavy atom. The van der Waals surface area contributed by atoms with Crippen LogP contribution in [0.3, 0.4) is 0 Å². The number of benzene rings is 1. The zero-order chi connectivity index (χ0) is 19.8. The van der Waals surface area contributed by atoms with Gasteiger partial charge in [0.1, 0.15) is 17.5 Å². The van der Waals surface area contributed by atoms with Crippen LogP contribution in [0, 0.1) is 11.3 Å². The number of aromatic nitrogens is 6. The summed E-state index contributed by atoms with van der Waals surface area (Å²) in [4.78, 5) is 9.66. The maximum Gasteiger partial charge on any atom is 0.220 e. The number of aromatic amines is 1. The van der Waals surface area contributed by atoms with E-state index in [1.54, 1.807) is 32.0 Å². The average Bonchev–Trinajstić information content (AvgIpc) is 3.28. The summed E-state index contributed by atoms with van der Waals surface area (Å²) < 4.78 is 10.3. The third kappa shape index (κ3) is 4.95. The Morgan fingerprint density at radius 1 is 1.21 bits per heavy atom. The van der Waals surface area contributed by atoms with Crippen LogP contribution >= 0.6 is 11.8 Å². The van der Waals surface area contributed by atoms with Crippen LogP contribution in [-0.2, 0) is 5.75 Å². The molecule has 10 nitrogen and oxygen atoms in total. The molecule has 0 radical (unpaired) electrons. The van der Waals surface area contributed by atoms with Gasteiger partial charge in [0.15, 0.2) is 0 Å². The largest absolute Gasteiger partial charge is 0.481 e. The number of tetrazole rings is 1. The third-order valence-corrected chi connectivity index (χ3v) is 4.46. The maximum absolute atomic E-state index is 9.16. The summed E-state index contributed by atoms with van der Waals surface area (Å²) in [5, 5.41) is 25.5. The number of H-pyrrole nitrogens is 1. The van der Waals surface area contributed by atoms with Crippen LogP contribution in [0.5, 0.6) is 11.8 Å². The highest BCUT2D eigenvalue weighted by Gasteiger charge is 2.07. The van der Waals surface area contributed by atoms with E-state index in [4.69, 9.17) is 14.7 Å². The van der Waals surface area contributed by atoms with E-state index in [1.807, 2.05) is 30.3 Å². The summed E-state index contributed by atoms with van der Waals surface area (Å²) in [6.07, 6.45) is 1.53. The van der Waals surface area contributed by atoms with Crippen molar-refractivity contribution in [2.24, 2.45) is 0 Å². The van der Waals surface area contributed by atoms with Crippen LogP contribution in [0.2, 0.25) is 0 Å². The van der Waals surface area contributed by atoms with Crippen molar-refractivity contribution in [3.63, 3.8) is 0 Å². The van der Waals surface area contributed by atoms with Crippen LogP contribution in [0.25, 0.3) is 5.57 Å². The van der Waals surface area contributed by atoms with E-state index in [0.717, 1.165) is 10.6 Å². The molecule has 0 atom stereocenters. The van der Waals surface area contributed by atoms with Crippen LogP contribution in [0.4, 0.5) is 5.69 Å². The van der Waals surface area contributed by atoms with E-state index >= 15 is 0 Å². The first kappa shape index (κ1) is 19.1. The monoisotopic (exact) mass is 396 g/mol. The summed E-state index contributed by atoms with van der Waals surface area (Å²) in [5.41, 5.74) is 1.09. The second-order valence-corrected chi connectivity index (χ2v) is 6.28. The van der Waals surface area contributed by atoms with E-state index in [1.165, 1.54) is 6.20 Å². The molecule has 1 aromatic carbocycles. The number of ether oxygens (including phenoxy) is 2. The number of rotatable bonds is 8. The number of hydrogen-bond acceptors (Lipinski definition) is 10. The normalized spacial score (nSPS) is 11.0. The Morgan fingerprint density at radius 2 is 1.93 bits per heavy atom. The van der Waals surface area contributed by atoms with Crippen molar-refractivity contribution in [1.29, 1.82) is 5.26 Å². The van der Waals surface area contributed by atoms with Crippen molar-refractivity contribution in [2.75, 3.05) is 19.5 Å². The van der Waals surface area contributed by atoms with E-state index < -0.39 is 0 Å². The molecule has 0 spiro atoms. The molecule has 0 fully saturated rings. The van der Waals surface area contributed by atoms with Gasteiger partial charge in [0.2, 0.25) is 17.6 Å². The van der Waals surface area contributed by atoms with E-state index in [-0.39, 0.29) is 11.4 Å². The molecule has 0 unspecified atom stereocenters. The molecule has 11 heteroatoms. The van der Waals surface area contributed by atoms with Gasteiger partial charge in [-0.05, 0) is 29.5 Å². The molecule has 0 saturated carbocycles. The van der Waals surface area contributed by atoms with E-state index in [9.17, 15) is 0 Å². The first-order valence-electron chi connectivity index (χ1n) is 8.01. The topological polar surface area (TPSA) is 135 Å². The zero-order valence-electron chi connectivity index (χ0n) is 15.1. The fourth-order valence-electron chi connectivity index (χ4n) is 2.10. The first-order valence-corrected chi connectivity index (χ1v) is 9.00. The summed E-state index contributed by atoms with van der Waals surface area (Å²) in [6, 6.07) is 11.4. The summed E-state index contributed by atoms with van der Waals surface area (Å²) in [7, 11) is 3.10. The fraction of sp³-hybridized carbons (Fsp3) is 0.176. The molecule has 0 aliphatic carbocycles. The minimum Gasteiger partial charge on any atom is -0.481 e. The number of anilines is 1. The molecule has 2 aromatic heterocycles. The Balaban J connectivity index is 1.61. The predicted octanol–water partition coefficient (Wildman–Crippen LogP) is 2.28. The van der Waals surface area contributed by atoms with Crippen molar-refractivity contribution >= 4 is 23.0 Å². The molecular weight excluding hydrogens is 380 g/mol. The second-order valence-electron chi connectivity index (χ2n) is 5.23. The standard InChI is InChI=1S/C17H16N8O2S/c1-26-15-7-16(27-2)21-14(20-15)10-28-13-5-3-12(4-6-13)19-9-11(8-18)17-22-24-25-23-17/h3-7,9,19H,10H2,1-2H3,(H,22,23,24,25). The molecule has 3 aromatic rings. The van der Waals surface area contributed by atoms with Crippen molar-refractivity contribution in [3.8, 4) is 17.8 Å².